The van der Waals surface area contributed by atoms with Gasteiger partial charge in [-0.15, -0.1) is 6.58 Å². The molecule has 3 aromatic rings. The van der Waals surface area contributed by atoms with E-state index in [0.717, 1.165) is 32.7 Å². The van der Waals surface area contributed by atoms with Gasteiger partial charge in [0, 0.05) is 5.56 Å². The number of benzene rings is 3. The number of ether oxygens (including phenoxy) is 2. The number of aryl methyl sites for hydroxylation is 3. The molecule has 7 nitrogen and oxygen atoms in total. The summed E-state index contributed by atoms with van der Waals surface area (Å²) in [7, 11) is 1.53. The summed E-state index contributed by atoms with van der Waals surface area (Å²) in [5, 5.41) is 2.27. The number of carbonyl (C=O) groups excluding carboxylic acids is 3. The molecule has 4 rings (SSSR count). The quantitative estimate of drug-likeness (QED) is 0.242. The van der Waals surface area contributed by atoms with Crippen LogP contribution in [0.4, 0.5) is 10.5 Å². The normalized spacial score (nSPS) is 14.5. The summed E-state index contributed by atoms with van der Waals surface area (Å²) in [6.07, 6.45) is 3.67. The topological polar surface area (TPSA) is 84.9 Å². The maximum Gasteiger partial charge on any atom is 0.335 e. The van der Waals surface area contributed by atoms with Crippen molar-refractivity contribution in [3.63, 3.8) is 0 Å². The molecule has 0 unspecified atom stereocenters. The van der Waals surface area contributed by atoms with Gasteiger partial charge in [-0.3, -0.25) is 14.9 Å². The molecule has 0 radical (unpaired) electrons. The second kappa shape index (κ2) is 11.2. The number of imide groups is 2. The Morgan fingerprint density at radius 3 is 2.34 bits per heavy atom. The highest BCUT2D eigenvalue weighted by Gasteiger charge is 2.37. The largest absolute Gasteiger partial charge is 0.493 e. The number of barbiturate groups is 1. The van der Waals surface area contributed by atoms with Crippen molar-refractivity contribution in [2.24, 2.45) is 0 Å². The third-order valence-electron chi connectivity index (χ3n) is 6.40. The molecule has 3 aromatic carbocycles. The Bertz CT molecular complexity index is 1450. The van der Waals surface area contributed by atoms with Crippen molar-refractivity contribution in [3.8, 4) is 11.5 Å². The number of hydrogen-bond donors (Lipinski definition) is 1. The second-order valence-corrected chi connectivity index (χ2v) is 9.20. The molecule has 0 aromatic heterocycles. The van der Waals surface area contributed by atoms with Crippen LogP contribution in [0.1, 0.15) is 33.4 Å². The van der Waals surface area contributed by atoms with Gasteiger partial charge in [-0.2, -0.15) is 0 Å². The Hall–Kier alpha value is -4.65. The highest BCUT2D eigenvalue weighted by molar-refractivity contribution is 6.39. The zero-order valence-electron chi connectivity index (χ0n) is 22.0. The van der Waals surface area contributed by atoms with E-state index in [1.807, 2.05) is 57.2 Å². The SMILES string of the molecule is C=CCc1cc(/C=C2\C(=O)NC(=O)N(c3ccc(C)c(C)c3)C2=O)cc(OC)c1OCc1ccc(C)cc1. The van der Waals surface area contributed by atoms with Crippen molar-refractivity contribution in [2.75, 3.05) is 12.0 Å². The van der Waals surface area contributed by atoms with Gasteiger partial charge in [0.1, 0.15) is 12.2 Å². The van der Waals surface area contributed by atoms with Gasteiger partial charge in [-0.05, 0) is 79.8 Å². The van der Waals surface area contributed by atoms with Gasteiger partial charge in [0.05, 0.1) is 12.8 Å². The third kappa shape index (κ3) is 5.52. The lowest BCUT2D eigenvalue weighted by atomic mass is 10.0. The lowest BCUT2D eigenvalue weighted by molar-refractivity contribution is -0.122. The van der Waals surface area contributed by atoms with Crippen molar-refractivity contribution < 1.29 is 23.9 Å². The van der Waals surface area contributed by atoms with Gasteiger partial charge in [-0.25, -0.2) is 9.69 Å². The van der Waals surface area contributed by atoms with E-state index in [0.29, 0.717) is 35.8 Å². The lowest BCUT2D eigenvalue weighted by Gasteiger charge is -2.27. The number of anilines is 1. The number of hydrogen-bond acceptors (Lipinski definition) is 5. The fourth-order valence-corrected chi connectivity index (χ4v) is 4.15. The van der Waals surface area contributed by atoms with Crippen molar-refractivity contribution in [2.45, 2.75) is 33.8 Å². The van der Waals surface area contributed by atoms with Crippen LogP contribution >= 0.6 is 0 Å². The first-order valence-electron chi connectivity index (χ1n) is 12.2. The summed E-state index contributed by atoms with van der Waals surface area (Å²) in [5.41, 5.74) is 5.67. The number of methoxy groups -OCH3 is 1. The van der Waals surface area contributed by atoms with Gasteiger partial charge in [-0.1, -0.05) is 42.0 Å². The Labute approximate surface area is 222 Å². The van der Waals surface area contributed by atoms with Crippen LogP contribution in [0.25, 0.3) is 6.08 Å². The van der Waals surface area contributed by atoms with E-state index < -0.39 is 17.8 Å². The minimum Gasteiger partial charge on any atom is -0.493 e. The number of rotatable bonds is 8. The standard InChI is InChI=1S/C31H30N2O5/c1-6-7-24-15-23(17-27(37-5)28(24)38-18-22-11-8-19(2)9-12-22)16-26-29(34)32-31(36)33(30(26)35)25-13-10-20(3)21(4)14-25/h6,8-17H,1,7,18H2,2-5H3,(H,32,34,36)/b26-16+. The molecule has 1 saturated heterocycles. The molecule has 7 heteroatoms. The maximum atomic E-state index is 13.4. The Balaban J connectivity index is 1.70. The maximum absolute atomic E-state index is 13.4. The fourth-order valence-electron chi connectivity index (χ4n) is 4.15. The summed E-state index contributed by atoms with van der Waals surface area (Å²) in [6, 6.07) is 16.0. The molecular weight excluding hydrogens is 480 g/mol. The molecule has 0 atom stereocenters. The van der Waals surface area contributed by atoms with Crippen LogP contribution in [-0.4, -0.2) is 25.0 Å². The summed E-state index contributed by atoms with van der Waals surface area (Å²) in [5.74, 6) is -0.453. The molecule has 0 saturated carbocycles. The fraction of sp³-hybridized carbons (Fsp3) is 0.194. The first-order chi connectivity index (χ1) is 18.2. The Morgan fingerprint density at radius 2 is 1.68 bits per heavy atom. The first-order valence-corrected chi connectivity index (χ1v) is 12.2. The molecule has 1 fully saturated rings. The van der Waals surface area contributed by atoms with Crippen molar-refractivity contribution in [1.29, 1.82) is 0 Å². The zero-order valence-corrected chi connectivity index (χ0v) is 22.0. The molecular formula is C31H30N2O5. The molecule has 4 amide bonds. The number of nitrogens with zero attached hydrogens (tertiary/aromatic N) is 1. The van der Waals surface area contributed by atoms with Gasteiger partial charge < -0.3 is 9.47 Å². The summed E-state index contributed by atoms with van der Waals surface area (Å²) in [4.78, 5) is 39.7. The van der Waals surface area contributed by atoms with Crippen LogP contribution in [0.3, 0.4) is 0 Å². The molecule has 1 aliphatic rings. The summed E-state index contributed by atoms with van der Waals surface area (Å²) >= 11 is 0. The molecule has 194 valence electrons. The van der Waals surface area contributed by atoms with Crippen LogP contribution < -0.4 is 19.7 Å². The molecule has 1 N–H and O–H groups in total. The number of carbonyl (C=O) groups is 3. The number of urea groups is 1. The van der Waals surface area contributed by atoms with Crippen molar-refractivity contribution >= 4 is 29.6 Å². The van der Waals surface area contributed by atoms with Gasteiger partial charge in [0.25, 0.3) is 11.8 Å². The third-order valence-corrected chi connectivity index (χ3v) is 6.40. The van der Waals surface area contributed by atoms with Crippen LogP contribution in [0.5, 0.6) is 11.5 Å². The minimum atomic E-state index is -0.787. The van der Waals surface area contributed by atoms with E-state index in [-0.39, 0.29) is 5.57 Å². The van der Waals surface area contributed by atoms with E-state index in [2.05, 4.69) is 11.9 Å². The Morgan fingerprint density at radius 1 is 0.947 bits per heavy atom. The number of amides is 4. The highest BCUT2D eigenvalue weighted by Crippen LogP contribution is 2.35. The molecule has 0 aliphatic carbocycles. The van der Waals surface area contributed by atoms with Crippen LogP contribution in [0, 0.1) is 20.8 Å². The molecule has 0 bridgehead atoms. The lowest BCUT2D eigenvalue weighted by Crippen LogP contribution is -2.54. The van der Waals surface area contributed by atoms with Crippen molar-refractivity contribution in [3.05, 3.63) is 106 Å². The number of nitrogens with one attached hydrogen (secondary N) is 1. The summed E-state index contributed by atoms with van der Waals surface area (Å²) in [6.45, 7) is 10.0. The smallest absolute Gasteiger partial charge is 0.335 e. The van der Waals surface area contributed by atoms with E-state index >= 15 is 0 Å². The highest BCUT2D eigenvalue weighted by atomic mass is 16.5. The zero-order chi connectivity index (χ0) is 27.4. The van der Waals surface area contributed by atoms with Gasteiger partial charge in [0.2, 0.25) is 0 Å². The second-order valence-electron chi connectivity index (χ2n) is 9.20. The summed E-state index contributed by atoms with van der Waals surface area (Å²) < 4.78 is 11.8. The van der Waals surface area contributed by atoms with Gasteiger partial charge in [0.15, 0.2) is 11.5 Å². The van der Waals surface area contributed by atoms with E-state index in [9.17, 15) is 14.4 Å². The molecule has 1 aliphatic heterocycles. The van der Waals surface area contributed by atoms with E-state index in [4.69, 9.17) is 9.47 Å². The molecule has 0 spiro atoms. The van der Waals surface area contributed by atoms with Crippen LogP contribution in [-0.2, 0) is 22.6 Å². The predicted octanol–water partition coefficient (Wildman–Crippen LogP) is 5.59. The average Bonchev–Trinajstić information content (AvgIpc) is 2.88. The monoisotopic (exact) mass is 510 g/mol. The predicted molar refractivity (Wildman–Crippen MR) is 147 cm³/mol. The molecule has 1 heterocycles. The molecule has 38 heavy (non-hydrogen) atoms. The average molecular weight is 511 g/mol. The van der Waals surface area contributed by atoms with E-state index in [1.165, 1.54) is 13.2 Å². The van der Waals surface area contributed by atoms with Gasteiger partial charge >= 0.3 is 6.03 Å². The van der Waals surface area contributed by atoms with Crippen molar-refractivity contribution in [1.82, 2.24) is 5.32 Å². The van der Waals surface area contributed by atoms with Crippen LogP contribution in [0.15, 0.2) is 72.8 Å². The first kappa shape index (κ1) is 26.4. The Kier molecular flexibility index (Phi) is 7.76. The number of allylic oxidation sites excluding steroid dienone is 1. The van der Waals surface area contributed by atoms with E-state index in [1.54, 1.807) is 24.3 Å². The minimum absolute atomic E-state index is 0.164. The van der Waals surface area contributed by atoms with Crippen LogP contribution in [0.2, 0.25) is 0 Å².